The number of hydrogen-bond acceptors (Lipinski definition) is 3. The maximum Gasteiger partial charge on any atom is 0.228 e. The molecule has 1 aromatic rings. The maximum atomic E-state index is 12.0. The van der Waals surface area contributed by atoms with Gasteiger partial charge in [-0.15, -0.1) is 0 Å². The van der Waals surface area contributed by atoms with Crippen LogP contribution in [0.3, 0.4) is 0 Å². The third-order valence-corrected chi connectivity index (χ3v) is 2.87. The smallest absolute Gasteiger partial charge is 0.228 e. The van der Waals surface area contributed by atoms with Crippen molar-refractivity contribution in [3.63, 3.8) is 0 Å². The molecule has 1 aliphatic heterocycles. The number of rotatable bonds is 1. The Hall–Kier alpha value is -1.86. The van der Waals surface area contributed by atoms with Gasteiger partial charge in [0.2, 0.25) is 5.91 Å². The Balaban J connectivity index is 2.29. The van der Waals surface area contributed by atoms with Crippen LogP contribution in [0, 0.1) is 11.3 Å². The molecule has 0 atom stereocenters. The normalized spacial score (nSPS) is 17.1. The molecule has 1 aliphatic rings. The Morgan fingerprint density at radius 2 is 2.12 bits per heavy atom. The van der Waals surface area contributed by atoms with Gasteiger partial charge in [-0.2, -0.15) is 5.26 Å². The minimum Gasteiger partial charge on any atom is -0.316 e. The van der Waals surface area contributed by atoms with Crippen LogP contribution >= 0.6 is 0 Å². The van der Waals surface area contributed by atoms with Crippen LogP contribution in [0.15, 0.2) is 24.3 Å². The molecule has 1 heterocycles. The van der Waals surface area contributed by atoms with Crippen molar-refractivity contribution >= 4 is 11.6 Å². The average molecular weight is 229 g/mol. The highest BCUT2D eigenvalue weighted by Crippen LogP contribution is 2.21. The summed E-state index contributed by atoms with van der Waals surface area (Å²) in [6, 6.07) is 9.41. The minimum atomic E-state index is 0.0832. The molecule has 4 nitrogen and oxygen atoms in total. The molecule has 0 radical (unpaired) electrons. The van der Waals surface area contributed by atoms with Gasteiger partial charge in [-0.05, 0) is 25.1 Å². The summed E-state index contributed by atoms with van der Waals surface area (Å²) in [5, 5.41) is 12.3. The molecule has 1 saturated heterocycles. The van der Waals surface area contributed by atoms with Gasteiger partial charge in [0.05, 0.1) is 11.3 Å². The third kappa shape index (κ3) is 2.63. The van der Waals surface area contributed by atoms with Gasteiger partial charge in [-0.3, -0.25) is 4.79 Å². The molecular weight excluding hydrogens is 214 g/mol. The van der Waals surface area contributed by atoms with Gasteiger partial charge in [0, 0.05) is 19.5 Å². The summed E-state index contributed by atoms with van der Waals surface area (Å²) < 4.78 is 0. The quantitative estimate of drug-likeness (QED) is 0.789. The first-order chi connectivity index (χ1) is 8.33. The van der Waals surface area contributed by atoms with Crippen molar-refractivity contribution in [1.29, 1.82) is 5.26 Å². The van der Waals surface area contributed by atoms with E-state index in [1.54, 1.807) is 11.0 Å². The van der Waals surface area contributed by atoms with Crippen molar-refractivity contribution in [2.45, 2.75) is 12.8 Å². The number of benzene rings is 1. The number of amides is 1. The Morgan fingerprint density at radius 3 is 2.94 bits per heavy atom. The summed E-state index contributed by atoms with van der Waals surface area (Å²) in [6.45, 7) is 2.30. The van der Waals surface area contributed by atoms with E-state index in [1.165, 1.54) is 0 Å². The number of hydrogen-bond donors (Lipinski definition) is 1. The first-order valence-electron chi connectivity index (χ1n) is 5.83. The van der Waals surface area contributed by atoms with Crippen LogP contribution in [0.4, 0.5) is 5.69 Å². The molecule has 1 aromatic carbocycles. The van der Waals surface area contributed by atoms with E-state index in [-0.39, 0.29) is 5.91 Å². The fourth-order valence-electron chi connectivity index (χ4n) is 2.00. The monoisotopic (exact) mass is 229 g/mol. The van der Waals surface area contributed by atoms with Crippen LogP contribution in [0.1, 0.15) is 18.4 Å². The summed E-state index contributed by atoms with van der Waals surface area (Å²) in [4.78, 5) is 13.7. The third-order valence-electron chi connectivity index (χ3n) is 2.87. The fourth-order valence-corrected chi connectivity index (χ4v) is 2.00. The lowest BCUT2D eigenvalue weighted by Crippen LogP contribution is -2.38. The lowest BCUT2D eigenvalue weighted by molar-refractivity contribution is -0.118. The van der Waals surface area contributed by atoms with Gasteiger partial charge >= 0.3 is 0 Å². The predicted octanol–water partition coefficient (Wildman–Crippen LogP) is 1.27. The van der Waals surface area contributed by atoms with Gasteiger partial charge < -0.3 is 10.2 Å². The predicted molar refractivity (Wildman–Crippen MR) is 65.6 cm³/mol. The minimum absolute atomic E-state index is 0.0832. The second-order valence-electron chi connectivity index (χ2n) is 4.03. The molecule has 1 fully saturated rings. The summed E-state index contributed by atoms with van der Waals surface area (Å²) >= 11 is 0. The number of carbonyl (C=O) groups is 1. The van der Waals surface area contributed by atoms with Crippen molar-refractivity contribution in [3.05, 3.63) is 29.8 Å². The molecule has 88 valence electrons. The second-order valence-corrected chi connectivity index (χ2v) is 4.03. The highest BCUT2D eigenvalue weighted by molar-refractivity contribution is 5.94. The molecule has 0 saturated carbocycles. The van der Waals surface area contributed by atoms with E-state index >= 15 is 0 Å². The summed E-state index contributed by atoms with van der Waals surface area (Å²) in [7, 11) is 0. The van der Waals surface area contributed by atoms with E-state index < -0.39 is 0 Å². The number of nitrogens with zero attached hydrogens (tertiary/aromatic N) is 2. The molecule has 1 amide bonds. The van der Waals surface area contributed by atoms with E-state index in [0.717, 1.165) is 18.7 Å². The molecule has 0 aliphatic carbocycles. The summed E-state index contributed by atoms with van der Waals surface area (Å²) in [5.41, 5.74) is 1.30. The van der Waals surface area contributed by atoms with Crippen LogP contribution in [-0.4, -0.2) is 25.5 Å². The highest BCUT2D eigenvalue weighted by Gasteiger charge is 2.19. The zero-order chi connectivity index (χ0) is 12.1. The molecule has 2 rings (SSSR count). The molecule has 0 spiro atoms. The van der Waals surface area contributed by atoms with Gasteiger partial charge in [0.25, 0.3) is 0 Å². The first kappa shape index (κ1) is 11.6. The number of para-hydroxylation sites is 1. The van der Waals surface area contributed by atoms with Gasteiger partial charge in [0.1, 0.15) is 6.07 Å². The van der Waals surface area contributed by atoms with E-state index in [1.807, 2.05) is 18.2 Å². The average Bonchev–Trinajstić information content (AvgIpc) is 2.35. The molecule has 0 bridgehead atoms. The fraction of sp³-hybridized carbons (Fsp3) is 0.385. The van der Waals surface area contributed by atoms with Crippen molar-refractivity contribution in [3.8, 4) is 6.07 Å². The van der Waals surface area contributed by atoms with Crippen LogP contribution in [0.5, 0.6) is 0 Å². The largest absolute Gasteiger partial charge is 0.316 e. The molecule has 0 aromatic heterocycles. The van der Waals surface area contributed by atoms with Gasteiger partial charge in [-0.25, -0.2) is 0 Å². The second kappa shape index (κ2) is 5.46. The Bertz CT molecular complexity index is 450. The molecule has 0 unspecified atom stereocenters. The Labute approximate surface area is 101 Å². The van der Waals surface area contributed by atoms with Crippen LogP contribution in [0.2, 0.25) is 0 Å². The van der Waals surface area contributed by atoms with Crippen LogP contribution in [0.25, 0.3) is 0 Å². The van der Waals surface area contributed by atoms with Gasteiger partial charge in [0.15, 0.2) is 0 Å². The van der Waals surface area contributed by atoms with Crippen LogP contribution in [-0.2, 0) is 4.79 Å². The zero-order valence-corrected chi connectivity index (χ0v) is 9.65. The summed E-state index contributed by atoms with van der Waals surface area (Å²) in [6.07, 6.45) is 1.39. The zero-order valence-electron chi connectivity index (χ0n) is 9.65. The summed E-state index contributed by atoms with van der Waals surface area (Å²) in [5.74, 6) is 0.0832. The van der Waals surface area contributed by atoms with Crippen molar-refractivity contribution in [2.75, 3.05) is 24.5 Å². The number of anilines is 1. The van der Waals surface area contributed by atoms with E-state index in [4.69, 9.17) is 5.26 Å². The number of nitrogens with one attached hydrogen (secondary N) is 1. The Morgan fingerprint density at radius 1 is 1.29 bits per heavy atom. The molecule has 1 N–H and O–H groups in total. The number of carbonyl (C=O) groups excluding carboxylic acids is 1. The number of nitriles is 1. The van der Waals surface area contributed by atoms with Crippen molar-refractivity contribution in [1.82, 2.24) is 5.32 Å². The topological polar surface area (TPSA) is 56.1 Å². The molecule has 17 heavy (non-hydrogen) atoms. The maximum absolute atomic E-state index is 12.0. The first-order valence-corrected chi connectivity index (χ1v) is 5.83. The lowest BCUT2D eigenvalue weighted by atomic mass is 10.1. The van der Waals surface area contributed by atoms with Gasteiger partial charge in [-0.1, -0.05) is 12.1 Å². The SMILES string of the molecule is N#Cc1ccccc1N1CCCNCCC1=O. The van der Waals surface area contributed by atoms with E-state index in [2.05, 4.69) is 11.4 Å². The molecule has 4 heteroatoms. The van der Waals surface area contributed by atoms with E-state index in [0.29, 0.717) is 25.1 Å². The van der Waals surface area contributed by atoms with Crippen molar-refractivity contribution < 1.29 is 4.79 Å². The highest BCUT2D eigenvalue weighted by atomic mass is 16.2. The lowest BCUT2D eigenvalue weighted by Gasteiger charge is -2.26. The van der Waals surface area contributed by atoms with E-state index in [9.17, 15) is 4.79 Å². The standard InChI is InChI=1S/C13H15N3O/c14-10-11-4-1-2-5-12(11)16-9-3-7-15-8-6-13(16)17/h1-2,4-5,15H,3,6-9H2. The van der Waals surface area contributed by atoms with Crippen LogP contribution < -0.4 is 10.2 Å². The van der Waals surface area contributed by atoms with Crippen molar-refractivity contribution in [2.24, 2.45) is 0 Å². The Kier molecular flexibility index (Phi) is 3.73. The molecular formula is C13H15N3O.